The zero-order valence-corrected chi connectivity index (χ0v) is 14.0. The van der Waals surface area contributed by atoms with Crippen LogP contribution >= 0.6 is 11.7 Å². The van der Waals surface area contributed by atoms with Crippen LogP contribution in [0.3, 0.4) is 0 Å². The fourth-order valence-corrected chi connectivity index (χ4v) is 2.81. The van der Waals surface area contributed by atoms with Crippen molar-refractivity contribution >= 4 is 40.3 Å². The molecule has 3 rings (SSSR count). The Hall–Kier alpha value is -2.80. The standard InChI is InChI=1S/C17H15N3O3S/c1-10-6-7-11(2)12(8-10)17(22)23-9-15(21)18-13-4-3-5-14-16(13)20-24-19-14/h3-8H,9H2,1-2H3,(H,18,21). The molecule has 1 heterocycles. The predicted molar refractivity (Wildman–Crippen MR) is 92.2 cm³/mol. The van der Waals surface area contributed by atoms with Crippen LogP contribution in [-0.4, -0.2) is 27.2 Å². The van der Waals surface area contributed by atoms with Gasteiger partial charge < -0.3 is 10.1 Å². The molecule has 6 nitrogen and oxygen atoms in total. The van der Waals surface area contributed by atoms with Crippen molar-refractivity contribution in [3.8, 4) is 0 Å². The number of nitrogens with zero attached hydrogens (tertiary/aromatic N) is 2. The molecule has 3 aromatic rings. The van der Waals surface area contributed by atoms with E-state index in [9.17, 15) is 9.59 Å². The lowest BCUT2D eigenvalue weighted by molar-refractivity contribution is -0.119. The van der Waals surface area contributed by atoms with Crippen LogP contribution in [0.15, 0.2) is 36.4 Å². The lowest BCUT2D eigenvalue weighted by Gasteiger charge is -2.09. The number of ether oxygens (including phenoxy) is 1. The quantitative estimate of drug-likeness (QED) is 0.738. The van der Waals surface area contributed by atoms with E-state index in [1.165, 1.54) is 0 Å². The third-order valence-electron chi connectivity index (χ3n) is 3.51. The van der Waals surface area contributed by atoms with E-state index in [4.69, 9.17) is 4.74 Å². The summed E-state index contributed by atoms with van der Waals surface area (Å²) >= 11 is 1.08. The summed E-state index contributed by atoms with van der Waals surface area (Å²) in [5.41, 5.74) is 4.12. The highest BCUT2D eigenvalue weighted by atomic mass is 32.1. The normalized spacial score (nSPS) is 10.6. The Kier molecular flexibility index (Phi) is 4.52. The van der Waals surface area contributed by atoms with Gasteiger partial charge in [0.05, 0.1) is 23.0 Å². The molecule has 0 fully saturated rings. The molecule has 0 aliphatic rings. The average Bonchev–Trinajstić information content (AvgIpc) is 3.04. The van der Waals surface area contributed by atoms with Crippen molar-refractivity contribution in [2.24, 2.45) is 0 Å². The lowest BCUT2D eigenvalue weighted by Crippen LogP contribution is -2.21. The highest BCUT2D eigenvalue weighted by molar-refractivity contribution is 7.00. The number of amides is 1. The van der Waals surface area contributed by atoms with Gasteiger partial charge >= 0.3 is 5.97 Å². The minimum Gasteiger partial charge on any atom is -0.452 e. The summed E-state index contributed by atoms with van der Waals surface area (Å²) in [6, 6.07) is 10.8. The Balaban J connectivity index is 1.64. The van der Waals surface area contributed by atoms with Crippen molar-refractivity contribution in [3.63, 3.8) is 0 Å². The molecule has 0 radical (unpaired) electrons. The number of rotatable bonds is 4. The highest BCUT2D eigenvalue weighted by Gasteiger charge is 2.14. The van der Waals surface area contributed by atoms with Gasteiger partial charge in [0.25, 0.3) is 5.91 Å². The Bertz CT molecular complexity index is 920. The predicted octanol–water partition coefficient (Wildman–Crippen LogP) is 3.10. The first-order chi connectivity index (χ1) is 11.5. The molecule has 122 valence electrons. The van der Waals surface area contributed by atoms with E-state index in [1.54, 1.807) is 18.2 Å². The maximum absolute atomic E-state index is 12.1. The average molecular weight is 341 g/mol. The van der Waals surface area contributed by atoms with Crippen molar-refractivity contribution in [2.45, 2.75) is 13.8 Å². The van der Waals surface area contributed by atoms with Crippen LogP contribution in [0.5, 0.6) is 0 Å². The van der Waals surface area contributed by atoms with E-state index in [0.29, 0.717) is 22.3 Å². The van der Waals surface area contributed by atoms with Gasteiger partial charge in [0.15, 0.2) is 6.61 Å². The minimum absolute atomic E-state index is 0.361. The first-order valence-corrected chi connectivity index (χ1v) is 8.03. The van der Waals surface area contributed by atoms with Gasteiger partial charge in [-0.1, -0.05) is 23.8 Å². The van der Waals surface area contributed by atoms with E-state index < -0.39 is 11.9 Å². The number of esters is 1. The summed E-state index contributed by atoms with van der Waals surface area (Å²) < 4.78 is 13.4. The number of hydrogen-bond donors (Lipinski definition) is 1. The smallest absolute Gasteiger partial charge is 0.338 e. The molecular weight excluding hydrogens is 326 g/mol. The molecule has 24 heavy (non-hydrogen) atoms. The summed E-state index contributed by atoms with van der Waals surface area (Å²) in [5, 5.41) is 2.69. The lowest BCUT2D eigenvalue weighted by atomic mass is 10.1. The number of aromatic nitrogens is 2. The zero-order chi connectivity index (χ0) is 17.1. The van der Waals surface area contributed by atoms with Crippen LogP contribution in [0, 0.1) is 13.8 Å². The van der Waals surface area contributed by atoms with Gasteiger partial charge in [0.2, 0.25) is 0 Å². The number of carbonyl (C=O) groups is 2. The third kappa shape index (κ3) is 3.41. The monoisotopic (exact) mass is 341 g/mol. The molecule has 2 aromatic carbocycles. The molecule has 0 aliphatic heterocycles. The maximum Gasteiger partial charge on any atom is 0.338 e. The number of anilines is 1. The Labute approximate surface area is 142 Å². The molecule has 1 amide bonds. The van der Waals surface area contributed by atoms with Gasteiger partial charge in [0, 0.05) is 0 Å². The molecule has 7 heteroatoms. The van der Waals surface area contributed by atoms with Crippen LogP contribution < -0.4 is 5.32 Å². The summed E-state index contributed by atoms with van der Waals surface area (Å²) in [7, 11) is 0. The van der Waals surface area contributed by atoms with Gasteiger partial charge in [0.1, 0.15) is 11.0 Å². The van der Waals surface area contributed by atoms with Gasteiger partial charge in [-0.3, -0.25) is 4.79 Å². The largest absolute Gasteiger partial charge is 0.452 e. The number of fused-ring (bicyclic) bond motifs is 1. The highest BCUT2D eigenvalue weighted by Crippen LogP contribution is 2.21. The van der Waals surface area contributed by atoms with Crippen LogP contribution in [-0.2, 0) is 9.53 Å². The van der Waals surface area contributed by atoms with E-state index in [2.05, 4.69) is 14.1 Å². The van der Waals surface area contributed by atoms with E-state index in [1.807, 2.05) is 32.0 Å². The van der Waals surface area contributed by atoms with Crippen molar-refractivity contribution in [1.82, 2.24) is 8.75 Å². The van der Waals surface area contributed by atoms with E-state index in [-0.39, 0.29) is 6.61 Å². The molecule has 0 bridgehead atoms. The second-order valence-corrected chi connectivity index (χ2v) is 5.91. The molecular formula is C17H15N3O3S. The van der Waals surface area contributed by atoms with Crippen molar-refractivity contribution < 1.29 is 14.3 Å². The number of hydrogen-bond acceptors (Lipinski definition) is 6. The van der Waals surface area contributed by atoms with Crippen LogP contribution in [0.25, 0.3) is 11.0 Å². The summed E-state index contributed by atoms with van der Waals surface area (Å²) in [6.45, 7) is 3.36. The van der Waals surface area contributed by atoms with Crippen molar-refractivity contribution in [2.75, 3.05) is 11.9 Å². The SMILES string of the molecule is Cc1ccc(C)c(C(=O)OCC(=O)Nc2cccc3nsnc23)c1. The Morgan fingerprint density at radius 3 is 2.83 bits per heavy atom. The minimum atomic E-state index is -0.514. The molecule has 1 N–H and O–H groups in total. The van der Waals surface area contributed by atoms with E-state index >= 15 is 0 Å². The van der Waals surface area contributed by atoms with Gasteiger partial charge in [-0.15, -0.1) is 0 Å². The molecule has 0 unspecified atom stereocenters. The van der Waals surface area contributed by atoms with E-state index in [0.717, 1.165) is 22.9 Å². The molecule has 0 spiro atoms. The summed E-state index contributed by atoms with van der Waals surface area (Å²) in [4.78, 5) is 24.2. The molecule has 0 saturated carbocycles. The summed E-state index contributed by atoms with van der Waals surface area (Å²) in [5.74, 6) is -0.936. The third-order valence-corrected chi connectivity index (χ3v) is 4.05. The second-order valence-electron chi connectivity index (χ2n) is 5.38. The number of nitrogens with one attached hydrogen (secondary N) is 1. The van der Waals surface area contributed by atoms with Gasteiger partial charge in [-0.05, 0) is 37.6 Å². The first kappa shape index (κ1) is 16.1. The Morgan fingerprint density at radius 1 is 1.17 bits per heavy atom. The van der Waals surface area contributed by atoms with Crippen LogP contribution in [0.2, 0.25) is 0 Å². The fourth-order valence-electron chi connectivity index (χ4n) is 2.26. The molecule has 1 aromatic heterocycles. The van der Waals surface area contributed by atoms with Crippen LogP contribution in [0.4, 0.5) is 5.69 Å². The van der Waals surface area contributed by atoms with Gasteiger partial charge in [-0.25, -0.2) is 4.79 Å². The summed E-state index contributed by atoms with van der Waals surface area (Å²) in [6.07, 6.45) is 0. The number of aryl methyl sites for hydroxylation is 2. The van der Waals surface area contributed by atoms with Crippen molar-refractivity contribution in [3.05, 3.63) is 53.1 Å². The maximum atomic E-state index is 12.1. The number of benzene rings is 2. The number of carbonyl (C=O) groups excluding carboxylic acids is 2. The Morgan fingerprint density at radius 2 is 2.00 bits per heavy atom. The zero-order valence-electron chi connectivity index (χ0n) is 13.2. The molecule has 0 saturated heterocycles. The topological polar surface area (TPSA) is 81.2 Å². The van der Waals surface area contributed by atoms with Crippen LogP contribution in [0.1, 0.15) is 21.5 Å². The second kappa shape index (κ2) is 6.76. The van der Waals surface area contributed by atoms with Gasteiger partial charge in [-0.2, -0.15) is 8.75 Å². The van der Waals surface area contributed by atoms with Crippen molar-refractivity contribution in [1.29, 1.82) is 0 Å². The molecule has 0 atom stereocenters. The first-order valence-electron chi connectivity index (χ1n) is 7.30. The fraction of sp³-hybridized carbons (Fsp3) is 0.176. The molecule has 0 aliphatic carbocycles.